The number of hydrogen-bond acceptors (Lipinski definition) is 3. The van der Waals surface area contributed by atoms with Crippen LogP contribution in [0.2, 0.25) is 0 Å². The Morgan fingerprint density at radius 2 is 1.44 bits per heavy atom. The van der Waals surface area contributed by atoms with Crippen molar-refractivity contribution >= 4 is 0 Å². The molecule has 104 valence electrons. The van der Waals surface area contributed by atoms with Gasteiger partial charge in [0.05, 0.1) is 6.61 Å². The molecule has 0 amide bonds. The Kier molecular flexibility index (Phi) is 3.92. The Hall–Kier alpha value is -0.120. The van der Waals surface area contributed by atoms with Gasteiger partial charge in [-0.15, -0.1) is 0 Å². The third kappa shape index (κ3) is 2.73. The molecule has 2 N–H and O–H groups in total. The predicted octanol–water partition coefficient (Wildman–Crippen LogP) is 1.93. The van der Waals surface area contributed by atoms with Gasteiger partial charge < -0.3 is 15.4 Å². The van der Waals surface area contributed by atoms with Gasteiger partial charge in [0.2, 0.25) is 0 Å². The lowest BCUT2D eigenvalue weighted by Crippen LogP contribution is -2.51. The van der Waals surface area contributed by atoms with E-state index in [0.717, 1.165) is 18.6 Å². The highest BCUT2D eigenvalue weighted by Gasteiger charge is 2.38. The predicted molar refractivity (Wildman–Crippen MR) is 73.7 cm³/mol. The summed E-state index contributed by atoms with van der Waals surface area (Å²) in [6, 6.07) is 0. The lowest BCUT2D eigenvalue weighted by atomic mass is 9.79. The quantitative estimate of drug-likeness (QED) is 0.691. The zero-order chi connectivity index (χ0) is 12.3. The monoisotopic (exact) mass is 252 g/mol. The molecule has 3 nitrogen and oxygen atoms in total. The summed E-state index contributed by atoms with van der Waals surface area (Å²) in [7, 11) is 0. The third-order valence-corrected chi connectivity index (χ3v) is 5.51. The SMILES string of the molecule is C1CC2(CCN1)CCOC2.C1CCC2(C1)CNC2. The Labute approximate surface area is 111 Å². The molecule has 3 aliphatic heterocycles. The van der Waals surface area contributed by atoms with Crippen LogP contribution in [0.25, 0.3) is 0 Å². The Bertz CT molecular complexity index is 254. The normalized spacial score (nSPS) is 32.0. The fourth-order valence-electron chi connectivity index (χ4n) is 3.96. The van der Waals surface area contributed by atoms with Crippen LogP contribution in [0.3, 0.4) is 0 Å². The second-order valence-corrected chi connectivity index (χ2v) is 6.86. The van der Waals surface area contributed by atoms with E-state index in [9.17, 15) is 0 Å². The van der Waals surface area contributed by atoms with Gasteiger partial charge in [-0.25, -0.2) is 0 Å². The van der Waals surface area contributed by atoms with E-state index in [2.05, 4.69) is 10.6 Å². The van der Waals surface area contributed by atoms with Gasteiger partial charge in [0, 0.05) is 19.7 Å². The molecule has 4 rings (SSSR count). The van der Waals surface area contributed by atoms with E-state index in [1.807, 2.05) is 0 Å². The fourth-order valence-corrected chi connectivity index (χ4v) is 3.96. The average Bonchev–Trinajstić information content (AvgIpc) is 3.00. The highest BCUT2D eigenvalue weighted by atomic mass is 16.5. The van der Waals surface area contributed by atoms with E-state index in [1.54, 1.807) is 0 Å². The smallest absolute Gasteiger partial charge is 0.0524 e. The lowest BCUT2D eigenvalue weighted by molar-refractivity contribution is 0.128. The topological polar surface area (TPSA) is 33.3 Å². The molecule has 0 atom stereocenters. The molecule has 18 heavy (non-hydrogen) atoms. The van der Waals surface area contributed by atoms with Crippen LogP contribution in [-0.4, -0.2) is 39.4 Å². The molecule has 1 aliphatic carbocycles. The van der Waals surface area contributed by atoms with Crippen molar-refractivity contribution in [2.45, 2.75) is 44.9 Å². The van der Waals surface area contributed by atoms with E-state index in [-0.39, 0.29) is 0 Å². The minimum atomic E-state index is 0.589. The number of piperidine rings is 1. The van der Waals surface area contributed by atoms with Gasteiger partial charge in [-0.3, -0.25) is 0 Å². The molecule has 3 saturated heterocycles. The summed E-state index contributed by atoms with van der Waals surface area (Å²) in [4.78, 5) is 0. The molecule has 0 aromatic carbocycles. The average molecular weight is 252 g/mol. The van der Waals surface area contributed by atoms with Crippen molar-refractivity contribution in [1.82, 2.24) is 10.6 Å². The molecule has 0 unspecified atom stereocenters. The third-order valence-electron chi connectivity index (χ3n) is 5.51. The van der Waals surface area contributed by atoms with Gasteiger partial charge in [-0.1, -0.05) is 12.8 Å². The van der Waals surface area contributed by atoms with Crippen molar-refractivity contribution in [2.75, 3.05) is 39.4 Å². The second-order valence-electron chi connectivity index (χ2n) is 6.86. The summed E-state index contributed by atoms with van der Waals surface area (Å²) >= 11 is 0. The van der Waals surface area contributed by atoms with Crippen molar-refractivity contribution in [1.29, 1.82) is 0 Å². The standard InChI is InChI=1S/C8H15NO.C7H13N/c1-4-9-5-2-8(1)3-6-10-7-8;1-2-4-7(3-1)5-8-6-7/h9H,1-7H2;8H,1-6H2. The summed E-state index contributed by atoms with van der Waals surface area (Å²) in [5, 5.41) is 6.72. The van der Waals surface area contributed by atoms with Gasteiger partial charge >= 0.3 is 0 Å². The maximum atomic E-state index is 5.41. The molecule has 3 heterocycles. The molecule has 0 bridgehead atoms. The van der Waals surface area contributed by atoms with E-state index in [4.69, 9.17) is 4.74 Å². The molecule has 4 fully saturated rings. The molecular formula is C15H28N2O. The first kappa shape index (κ1) is 12.9. The molecule has 1 saturated carbocycles. The van der Waals surface area contributed by atoms with Gasteiger partial charge in [0.15, 0.2) is 0 Å². The molecule has 0 aromatic rings. The zero-order valence-corrected chi connectivity index (χ0v) is 11.6. The first-order chi connectivity index (χ1) is 8.83. The Balaban J connectivity index is 0.000000114. The first-order valence-electron chi connectivity index (χ1n) is 7.82. The lowest BCUT2D eigenvalue weighted by Gasteiger charge is -2.39. The first-order valence-corrected chi connectivity index (χ1v) is 7.82. The Morgan fingerprint density at radius 3 is 1.89 bits per heavy atom. The van der Waals surface area contributed by atoms with Gasteiger partial charge in [-0.2, -0.15) is 0 Å². The maximum Gasteiger partial charge on any atom is 0.0524 e. The zero-order valence-electron chi connectivity index (χ0n) is 11.6. The number of ether oxygens (including phenoxy) is 1. The van der Waals surface area contributed by atoms with Crippen LogP contribution in [0.5, 0.6) is 0 Å². The van der Waals surface area contributed by atoms with Crippen molar-refractivity contribution in [2.24, 2.45) is 10.8 Å². The van der Waals surface area contributed by atoms with Gasteiger partial charge in [-0.05, 0) is 56.0 Å². The van der Waals surface area contributed by atoms with E-state index in [1.165, 1.54) is 71.1 Å². The van der Waals surface area contributed by atoms with E-state index >= 15 is 0 Å². The van der Waals surface area contributed by atoms with Crippen LogP contribution in [0.15, 0.2) is 0 Å². The van der Waals surface area contributed by atoms with Crippen molar-refractivity contribution in [3.63, 3.8) is 0 Å². The minimum absolute atomic E-state index is 0.589. The molecule has 2 spiro atoms. The largest absolute Gasteiger partial charge is 0.381 e. The molecule has 0 aromatic heterocycles. The summed E-state index contributed by atoms with van der Waals surface area (Å²) in [5.41, 5.74) is 1.39. The highest BCUT2D eigenvalue weighted by Crippen LogP contribution is 2.40. The minimum Gasteiger partial charge on any atom is -0.381 e. The van der Waals surface area contributed by atoms with Crippen LogP contribution in [-0.2, 0) is 4.74 Å². The Morgan fingerprint density at radius 1 is 0.722 bits per heavy atom. The molecule has 4 aliphatic rings. The van der Waals surface area contributed by atoms with Crippen LogP contribution in [0.4, 0.5) is 0 Å². The van der Waals surface area contributed by atoms with Crippen LogP contribution < -0.4 is 10.6 Å². The summed E-state index contributed by atoms with van der Waals surface area (Å²) in [5.74, 6) is 0. The fraction of sp³-hybridized carbons (Fsp3) is 1.00. The molecule has 3 heteroatoms. The van der Waals surface area contributed by atoms with Crippen LogP contribution in [0.1, 0.15) is 44.9 Å². The van der Waals surface area contributed by atoms with E-state index < -0.39 is 0 Å². The van der Waals surface area contributed by atoms with Crippen molar-refractivity contribution in [3.8, 4) is 0 Å². The highest BCUT2D eigenvalue weighted by molar-refractivity contribution is 4.95. The van der Waals surface area contributed by atoms with E-state index in [0.29, 0.717) is 5.41 Å². The van der Waals surface area contributed by atoms with Gasteiger partial charge in [0.25, 0.3) is 0 Å². The molecular weight excluding hydrogens is 224 g/mol. The second kappa shape index (κ2) is 5.48. The van der Waals surface area contributed by atoms with Crippen LogP contribution >= 0.6 is 0 Å². The van der Waals surface area contributed by atoms with Crippen molar-refractivity contribution in [3.05, 3.63) is 0 Å². The van der Waals surface area contributed by atoms with Crippen LogP contribution in [0, 0.1) is 10.8 Å². The van der Waals surface area contributed by atoms with Gasteiger partial charge in [0.1, 0.15) is 0 Å². The summed E-state index contributed by atoms with van der Waals surface area (Å²) in [6.45, 7) is 7.04. The number of nitrogens with one attached hydrogen (secondary N) is 2. The number of rotatable bonds is 0. The summed E-state index contributed by atoms with van der Waals surface area (Å²) < 4.78 is 5.41. The molecule has 0 radical (unpaired) electrons. The maximum absolute atomic E-state index is 5.41. The van der Waals surface area contributed by atoms with Crippen molar-refractivity contribution < 1.29 is 4.74 Å². The summed E-state index contributed by atoms with van der Waals surface area (Å²) in [6.07, 6.45) is 9.93. The number of hydrogen-bond donors (Lipinski definition) is 2.